The van der Waals surface area contributed by atoms with Gasteiger partial charge in [0, 0.05) is 22.3 Å². The first kappa shape index (κ1) is 20.5. The van der Waals surface area contributed by atoms with E-state index in [1.165, 1.54) is 17.2 Å². The number of halogens is 1. The van der Waals surface area contributed by atoms with Gasteiger partial charge in [-0.25, -0.2) is 9.38 Å². The molecule has 3 aromatic rings. The second kappa shape index (κ2) is 8.52. The summed E-state index contributed by atoms with van der Waals surface area (Å²) in [5.41, 5.74) is 5.05. The molecule has 1 aliphatic rings. The first-order valence-corrected chi connectivity index (χ1v) is 11.1. The van der Waals surface area contributed by atoms with Gasteiger partial charge in [-0.2, -0.15) is 0 Å². The Morgan fingerprint density at radius 1 is 1.17 bits per heavy atom. The van der Waals surface area contributed by atoms with Gasteiger partial charge in [0.25, 0.3) is 5.91 Å². The Morgan fingerprint density at radius 3 is 2.63 bits per heavy atom. The third kappa shape index (κ3) is 4.08. The van der Waals surface area contributed by atoms with Gasteiger partial charge in [-0.1, -0.05) is 43.3 Å². The molecule has 3 nitrogen and oxygen atoms in total. The maximum absolute atomic E-state index is 14.0. The van der Waals surface area contributed by atoms with E-state index in [-0.39, 0.29) is 11.7 Å². The molecular formula is C25H25FN2OS. The highest BCUT2D eigenvalue weighted by molar-refractivity contribution is 7.16. The van der Waals surface area contributed by atoms with Crippen LogP contribution in [0.4, 0.5) is 15.1 Å². The zero-order valence-electron chi connectivity index (χ0n) is 17.5. The number of carbonyl (C=O) groups is 1. The Hall–Kier alpha value is -2.79. The molecule has 1 amide bonds. The molecule has 0 radical (unpaired) electrons. The summed E-state index contributed by atoms with van der Waals surface area (Å²) in [5.74, 6) is 0.131. The van der Waals surface area contributed by atoms with Crippen molar-refractivity contribution in [2.75, 3.05) is 5.32 Å². The number of rotatable bonds is 4. The van der Waals surface area contributed by atoms with Gasteiger partial charge < -0.3 is 5.32 Å². The average molecular weight is 421 g/mol. The molecule has 1 N–H and O–H groups in total. The number of para-hydroxylation sites is 1. The Kier molecular flexibility index (Phi) is 5.82. The highest BCUT2D eigenvalue weighted by Gasteiger charge is 2.28. The van der Waals surface area contributed by atoms with Crippen molar-refractivity contribution in [3.63, 3.8) is 0 Å². The molecule has 1 aliphatic carbocycles. The molecule has 1 unspecified atom stereocenters. The molecule has 1 atom stereocenters. The van der Waals surface area contributed by atoms with Crippen molar-refractivity contribution in [3.05, 3.63) is 81.0 Å². The smallest absolute Gasteiger partial charge is 0.259 e. The first-order valence-electron chi connectivity index (χ1n) is 10.2. The molecule has 4 rings (SSSR count). The fourth-order valence-corrected chi connectivity index (χ4v) is 5.31. The highest BCUT2D eigenvalue weighted by Crippen LogP contribution is 2.41. The number of thiophene rings is 1. The van der Waals surface area contributed by atoms with Gasteiger partial charge in [0.05, 0.1) is 5.56 Å². The number of aliphatic imine (C=N–C) groups is 1. The van der Waals surface area contributed by atoms with E-state index in [2.05, 4.69) is 17.2 Å². The third-order valence-electron chi connectivity index (χ3n) is 5.67. The van der Waals surface area contributed by atoms with Crippen molar-refractivity contribution >= 4 is 34.1 Å². The zero-order valence-corrected chi connectivity index (χ0v) is 18.3. The monoisotopic (exact) mass is 420 g/mol. The molecular weight excluding hydrogens is 395 g/mol. The van der Waals surface area contributed by atoms with Crippen LogP contribution < -0.4 is 5.32 Å². The predicted octanol–water partition coefficient (Wildman–Crippen LogP) is 6.63. The van der Waals surface area contributed by atoms with Gasteiger partial charge in [0.15, 0.2) is 0 Å². The molecule has 154 valence electrons. The number of anilines is 1. The molecule has 2 aromatic carbocycles. The van der Waals surface area contributed by atoms with Crippen molar-refractivity contribution in [2.24, 2.45) is 10.9 Å². The van der Waals surface area contributed by atoms with E-state index in [4.69, 9.17) is 0 Å². The third-order valence-corrected chi connectivity index (χ3v) is 6.83. The molecule has 1 heterocycles. The molecule has 0 aliphatic heterocycles. The van der Waals surface area contributed by atoms with Crippen LogP contribution in [-0.2, 0) is 12.8 Å². The minimum Gasteiger partial charge on any atom is -0.321 e. The maximum Gasteiger partial charge on any atom is 0.259 e. The van der Waals surface area contributed by atoms with Crippen LogP contribution in [-0.4, -0.2) is 12.1 Å². The Morgan fingerprint density at radius 2 is 1.90 bits per heavy atom. The largest absolute Gasteiger partial charge is 0.321 e. The topological polar surface area (TPSA) is 41.5 Å². The summed E-state index contributed by atoms with van der Waals surface area (Å²) < 4.78 is 14.0. The van der Waals surface area contributed by atoms with Crippen LogP contribution in [0.1, 0.15) is 50.8 Å². The summed E-state index contributed by atoms with van der Waals surface area (Å²) >= 11 is 1.56. The summed E-state index contributed by atoms with van der Waals surface area (Å²) in [4.78, 5) is 19.2. The number of carbonyl (C=O) groups excluding carboxylic acids is 1. The number of nitrogens with zero attached hydrogens (tertiary/aromatic N) is 1. The molecule has 0 saturated heterocycles. The number of amides is 1. The maximum atomic E-state index is 14.0. The van der Waals surface area contributed by atoms with E-state index in [0.717, 1.165) is 41.6 Å². The molecule has 0 fully saturated rings. The van der Waals surface area contributed by atoms with Crippen molar-refractivity contribution in [2.45, 2.75) is 40.0 Å². The minimum atomic E-state index is -0.322. The van der Waals surface area contributed by atoms with E-state index >= 15 is 0 Å². The lowest BCUT2D eigenvalue weighted by Crippen LogP contribution is -2.17. The van der Waals surface area contributed by atoms with Crippen LogP contribution in [0.15, 0.2) is 47.5 Å². The fourth-order valence-electron chi connectivity index (χ4n) is 3.96. The molecule has 5 heteroatoms. The van der Waals surface area contributed by atoms with Crippen LogP contribution in [0, 0.1) is 25.6 Å². The van der Waals surface area contributed by atoms with E-state index in [1.54, 1.807) is 29.5 Å². The summed E-state index contributed by atoms with van der Waals surface area (Å²) in [7, 11) is 0. The number of nitrogens with one attached hydrogen (secondary N) is 1. The van der Waals surface area contributed by atoms with Crippen LogP contribution in [0.2, 0.25) is 0 Å². The number of benzene rings is 2. The van der Waals surface area contributed by atoms with E-state index < -0.39 is 0 Å². The number of aryl methyl sites for hydroxylation is 2. The van der Waals surface area contributed by atoms with Crippen molar-refractivity contribution in [1.29, 1.82) is 0 Å². The lowest BCUT2D eigenvalue weighted by Gasteiger charge is -2.19. The van der Waals surface area contributed by atoms with Gasteiger partial charge in [0.2, 0.25) is 0 Å². The minimum absolute atomic E-state index is 0.139. The van der Waals surface area contributed by atoms with Crippen LogP contribution in [0.25, 0.3) is 0 Å². The average Bonchev–Trinajstić information content (AvgIpc) is 3.07. The normalized spacial score (nSPS) is 15.9. The zero-order chi connectivity index (χ0) is 21.3. The van der Waals surface area contributed by atoms with Crippen molar-refractivity contribution < 1.29 is 9.18 Å². The van der Waals surface area contributed by atoms with E-state index in [0.29, 0.717) is 22.0 Å². The van der Waals surface area contributed by atoms with E-state index in [9.17, 15) is 9.18 Å². The quantitative estimate of drug-likeness (QED) is 0.473. The second-order valence-corrected chi connectivity index (χ2v) is 9.12. The Balaban J connectivity index is 1.74. The summed E-state index contributed by atoms with van der Waals surface area (Å²) in [6, 6.07) is 12.5. The van der Waals surface area contributed by atoms with Crippen molar-refractivity contribution in [3.8, 4) is 0 Å². The van der Waals surface area contributed by atoms with Gasteiger partial charge in [0.1, 0.15) is 10.8 Å². The molecule has 0 saturated carbocycles. The number of hydrogen-bond acceptors (Lipinski definition) is 3. The number of fused-ring (bicyclic) bond motifs is 1. The second-order valence-electron chi connectivity index (χ2n) is 8.03. The van der Waals surface area contributed by atoms with Gasteiger partial charge >= 0.3 is 0 Å². The molecule has 0 spiro atoms. The first-order chi connectivity index (χ1) is 14.4. The summed E-state index contributed by atoms with van der Waals surface area (Å²) in [5, 5.41) is 3.77. The lowest BCUT2D eigenvalue weighted by molar-refractivity contribution is 0.102. The molecule has 0 bridgehead atoms. The van der Waals surface area contributed by atoms with Crippen LogP contribution >= 0.6 is 11.3 Å². The van der Waals surface area contributed by atoms with Crippen molar-refractivity contribution in [1.82, 2.24) is 0 Å². The summed E-state index contributed by atoms with van der Waals surface area (Å²) in [6.07, 6.45) is 4.41. The standard InChI is InChI=1S/C25H25FN2OS/c1-15-11-12-19-21(13-15)30-25(27-14-18-9-4-5-10-20(18)26)22(19)24(29)28-23-16(2)7-6-8-17(23)3/h4-10,14-15H,11-13H2,1-3H3,(H,28,29)/b27-14+. The van der Waals surface area contributed by atoms with Gasteiger partial charge in [-0.05, 0) is 61.8 Å². The predicted molar refractivity (Wildman–Crippen MR) is 123 cm³/mol. The molecule has 1 aromatic heterocycles. The van der Waals surface area contributed by atoms with Gasteiger partial charge in [-0.15, -0.1) is 11.3 Å². The highest BCUT2D eigenvalue weighted by atomic mass is 32.1. The van der Waals surface area contributed by atoms with Crippen LogP contribution in [0.5, 0.6) is 0 Å². The number of hydrogen-bond donors (Lipinski definition) is 1. The Labute approximate surface area is 180 Å². The van der Waals surface area contributed by atoms with E-state index in [1.807, 2.05) is 32.0 Å². The lowest BCUT2D eigenvalue weighted by atomic mass is 9.88. The van der Waals surface area contributed by atoms with Crippen LogP contribution in [0.3, 0.4) is 0 Å². The summed E-state index contributed by atoms with van der Waals surface area (Å²) in [6.45, 7) is 6.22. The Bertz CT molecular complexity index is 1110. The fraction of sp³-hybridized carbons (Fsp3) is 0.280. The SMILES string of the molecule is Cc1cccc(C)c1NC(=O)c1c(/N=C/c2ccccc2F)sc2c1CCC(C)C2. The molecule has 30 heavy (non-hydrogen) atoms. The van der Waals surface area contributed by atoms with Gasteiger partial charge in [-0.3, -0.25) is 4.79 Å².